The van der Waals surface area contributed by atoms with Gasteiger partial charge in [-0.25, -0.2) is 4.57 Å². The molecular weight excluding hydrogens is 687 g/mol. The fourth-order valence-electron chi connectivity index (χ4n) is 6.40. The van der Waals surface area contributed by atoms with Crippen LogP contribution < -0.4 is 0 Å². The van der Waals surface area contributed by atoms with Crippen LogP contribution in [0.15, 0.2) is 24.3 Å². The van der Waals surface area contributed by atoms with E-state index in [-0.39, 0.29) is 19.4 Å². The summed E-state index contributed by atoms with van der Waals surface area (Å²) in [6, 6.07) is 0. The van der Waals surface area contributed by atoms with Gasteiger partial charge in [0.05, 0.1) is 6.61 Å². The highest BCUT2D eigenvalue weighted by atomic mass is 31.2. The number of hydrogen-bond acceptors (Lipinski definition) is 6. The van der Waals surface area contributed by atoms with Crippen molar-refractivity contribution in [3.8, 4) is 0 Å². The van der Waals surface area contributed by atoms with Gasteiger partial charge in [-0.1, -0.05) is 192 Å². The van der Waals surface area contributed by atoms with Crippen molar-refractivity contribution in [2.75, 3.05) is 13.2 Å². The highest BCUT2D eigenvalue weighted by Crippen LogP contribution is 2.36. The smallest absolute Gasteiger partial charge is 0.462 e. The lowest BCUT2D eigenvalue weighted by Crippen LogP contribution is -2.29. The van der Waals surface area contributed by atoms with Crippen molar-refractivity contribution < 1.29 is 37.9 Å². The SMILES string of the molecule is CCCCCCC/C=C\C/C=C\CCCCCCCCCCCCCC(=O)OC(COC(=O)CCCCCCCCCCCCCC)COP(=O)(O)O. The van der Waals surface area contributed by atoms with Crippen LogP contribution in [0.5, 0.6) is 0 Å². The van der Waals surface area contributed by atoms with E-state index in [4.69, 9.17) is 19.3 Å². The number of esters is 2. The van der Waals surface area contributed by atoms with Crippen LogP contribution in [-0.2, 0) is 28.2 Å². The Morgan fingerprint density at radius 3 is 1.25 bits per heavy atom. The predicted octanol–water partition coefficient (Wildman–Crippen LogP) is 13.6. The van der Waals surface area contributed by atoms with Gasteiger partial charge < -0.3 is 19.3 Å². The van der Waals surface area contributed by atoms with E-state index in [0.29, 0.717) is 6.42 Å². The van der Waals surface area contributed by atoms with Gasteiger partial charge in [-0.15, -0.1) is 0 Å². The Bertz CT molecular complexity index is 915. The minimum Gasteiger partial charge on any atom is -0.462 e. The minimum absolute atomic E-state index is 0.213. The van der Waals surface area contributed by atoms with E-state index in [2.05, 4.69) is 42.7 Å². The summed E-state index contributed by atoms with van der Waals surface area (Å²) in [4.78, 5) is 42.8. The summed E-state index contributed by atoms with van der Waals surface area (Å²) >= 11 is 0. The molecule has 2 N–H and O–H groups in total. The van der Waals surface area contributed by atoms with Crippen LogP contribution in [0.25, 0.3) is 0 Å². The first-order valence-corrected chi connectivity index (χ1v) is 23.7. The van der Waals surface area contributed by atoms with Crippen molar-refractivity contribution in [2.45, 2.75) is 232 Å². The third-order valence-electron chi connectivity index (χ3n) is 9.72. The predicted molar refractivity (Wildman–Crippen MR) is 221 cm³/mol. The van der Waals surface area contributed by atoms with Gasteiger partial charge in [0, 0.05) is 12.8 Å². The lowest BCUT2D eigenvalue weighted by Gasteiger charge is -2.18. The van der Waals surface area contributed by atoms with E-state index in [1.807, 2.05) is 0 Å². The molecule has 0 aromatic rings. The molecule has 1 atom stereocenters. The molecule has 0 heterocycles. The van der Waals surface area contributed by atoms with Crippen molar-refractivity contribution in [2.24, 2.45) is 0 Å². The first-order valence-electron chi connectivity index (χ1n) is 22.1. The summed E-state index contributed by atoms with van der Waals surface area (Å²) in [6.07, 6.45) is 46.2. The maximum atomic E-state index is 12.4. The summed E-state index contributed by atoms with van der Waals surface area (Å²) < 4.78 is 26.4. The summed E-state index contributed by atoms with van der Waals surface area (Å²) in [5.41, 5.74) is 0. The van der Waals surface area contributed by atoms with Gasteiger partial charge in [0.25, 0.3) is 0 Å². The first kappa shape index (κ1) is 51.5. The normalized spacial score (nSPS) is 12.6. The molecule has 8 nitrogen and oxygen atoms in total. The van der Waals surface area contributed by atoms with Crippen molar-refractivity contribution in [1.29, 1.82) is 0 Å². The average Bonchev–Trinajstić information content (AvgIpc) is 3.13. The second kappa shape index (κ2) is 40.2. The summed E-state index contributed by atoms with van der Waals surface area (Å²) in [7, 11) is -4.75. The highest BCUT2D eigenvalue weighted by molar-refractivity contribution is 7.46. The van der Waals surface area contributed by atoms with Gasteiger partial charge in [-0.2, -0.15) is 0 Å². The van der Waals surface area contributed by atoms with Gasteiger partial charge in [-0.05, 0) is 44.9 Å². The molecule has 0 radical (unpaired) electrons. The number of allylic oxidation sites excluding steroid dienone is 4. The largest absolute Gasteiger partial charge is 0.469 e. The lowest BCUT2D eigenvalue weighted by atomic mass is 10.0. The monoisotopic (exact) mass is 771 g/mol. The minimum atomic E-state index is -4.75. The second-order valence-corrected chi connectivity index (χ2v) is 16.3. The molecule has 0 rings (SSSR count). The summed E-state index contributed by atoms with van der Waals surface area (Å²) in [5, 5.41) is 0. The lowest BCUT2D eigenvalue weighted by molar-refractivity contribution is -0.161. The number of unbranched alkanes of at least 4 members (excludes halogenated alkanes) is 27. The number of carbonyl (C=O) groups excluding carboxylic acids is 2. The number of phosphoric ester groups is 1. The van der Waals surface area contributed by atoms with Gasteiger partial charge in [0.2, 0.25) is 0 Å². The molecule has 312 valence electrons. The molecule has 9 heteroatoms. The van der Waals surface area contributed by atoms with Crippen molar-refractivity contribution in [3.63, 3.8) is 0 Å². The van der Waals surface area contributed by atoms with Crippen LogP contribution in [0, 0.1) is 0 Å². The first-order chi connectivity index (χ1) is 25.8. The van der Waals surface area contributed by atoms with E-state index >= 15 is 0 Å². The van der Waals surface area contributed by atoms with Crippen LogP contribution in [0.1, 0.15) is 226 Å². The fourth-order valence-corrected chi connectivity index (χ4v) is 6.77. The number of phosphoric acid groups is 1. The molecule has 0 saturated heterocycles. The van der Waals surface area contributed by atoms with Gasteiger partial charge >= 0.3 is 19.8 Å². The highest BCUT2D eigenvalue weighted by Gasteiger charge is 2.22. The quantitative estimate of drug-likeness (QED) is 0.0273. The second-order valence-electron chi connectivity index (χ2n) is 15.0. The van der Waals surface area contributed by atoms with Gasteiger partial charge in [0.1, 0.15) is 6.61 Å². The molecule has 1 unspecified atom stereocenters. The zero-order valence-electron chi connectivity index (χ0n) is 34.4. The molecule has 0 aromatic heterocycles. The van der Waals surface area contributed by atoms with Crippen LogP contribution >= 0.6 is 7.82 Å². The number of ether oxygens (including phenoxy) is 2. The Morgan fingerprint density at radius 1 is 0.491 bits per heavy atom. The summed E-state index contributed by atoms with van der Waals surface area (Å²) in [6.45, 7) is 3.69. The third-order valence-corrected chi connectivity index (χ3v) is 10.2. The number of carbonyl (C=O) groups is 2. The van der Waals surface area contributed by atoms with Crippen molar-refractivity contribution in [1.82, 2.24) is 0 Å². The zero-order chi connectivity index (χ0) is 38.9. The van der Waals surface area contributed by atoms with Crippen LogP contribution in [0.3, 0.4) is 0 Å². The fraction of sp³-hybridized carbons (Fsp3) is 0.864. The molecule has 0 aliphatic carbocycles. The van der Waals surface area contributed by atoms with E-state index < -0.39 is 32.5 Å². The zero-order valence-corrected chi connectivity index (χ0v) is 35.3. The van der Waals surface area contributed by atoms with Crippen molar-refractivity contribution in [3.05, 3.63) is 24.3 Å². The standard InChI is InChI=1S/C44H83O8P/c1-3-5-7-9-11-13-15-17-18-19-20-21-22-23-24-25-26-27-29-31-33-35-37-39-44(46)52-42(41-51-53(47,48)49)40-50-43(45)38-36-34-32-30-28-16-14-12-10-8-6-4-2/h15,17,19-20,42H,3-14,16,18,21-41H2,1-2H3,(H2,47,48,49)/b17-15-,20-19-. The Kier molecular flexibility index (Phi) is 39.1. The molecule has 0 aliphatic heterocycles. The number of rotatable bonds is 41. The molecule has 0 aromatic carbocycles. The van der Waals surface area contributed by atoms with Crippen LogP contribution in [0.4, 0.5) is 0 Å². The summed E-state index contributed by atoms with van der Waals surface area (Å²) in [5.74, 6) is -0.878. The van der Waals surface area contributed by atoms with Gasteiger partial charge in [0.15, 0.2) is 6.10 Å². The Labute approximate surface area is 326 Å². The third kappa shape index (κ3) is 43.1. The topological polar surface area (TPSA) is 119 Å². The average molecular weight is 771 g/mol. The van der Waals surface area contributed by atoms with Gasteiger partial charge in [-0.3, -0.25) is 14.1 Å². The molecule has 0 amide bonds. The van der Waals surface area contributed by atoms with Crippen LogP contribution in [0.2, 0.25) is 0 Å². The Hall–Kier alpha value is -1.47. The Morgan fingerprint density at radius 2 is 0.849 bits per heavy atom. The molecule has 53 heavy (non-hydrogen) atoms. The molecule has 0 bridgehead atoms. The van der Waals surface area contributed by atoms with Crippen molar-refractivity contribution >= 4 is 19.8 Å². The molecular formula is C44H83O8P. The van der Waals surface area contributed by atoms with E-state index in [1.54, 1.807) is 0 Å². The van der Waals surface area contributed by atoms with E-state index in [0.717, 1.165) is 44.9 Å². The van der Waals surface area contributed by atoms with E-state index in [9.17, 15) is 14.2 Å². The molecule has 0 fully saturated rings. The maximum absolute atomic E-state index is 12.4. The molecule has 0 aliphatic rings. The maximum Gasteiger partial charge on any atom is 0.469 e. The molecule has 0 saturated carbocycles. The molecule has 0 spiro atoms. The Balaban J connectivity index is 3.83. The van der Waals surface area contributed by atoms with Crippen LogP contribution in [-0.4, -0.2) is 41.0 Å². The van der Waals surface area contributed by atoms with E-state index in [1.165, 1.54) is 148 Å². The number of hydrogen-bond donors (Lipinski definition) is 2.